The number of hydrogen-bond donors (Lipinski definition) is 0. The van der Waals surface area contributed by atoms with Crippen molar-refractivity contribution in [2.24, 2.45) is 0 Å². The van der Waals surface area contributed by atoms with Crippen LogP contribution >= 0.6 is 0 Å². The molecule has 3 fully saturated rings. The maximum absolute atomic E-state index is 2.80. The van der Waals surface area contributed by atoms with E-state index in [2.05, 4.69) is 42.4 Å². The van der Waals surface area contributed by atoms with Crippen molar-refractivity contribution >= 4 is 0 Å². The van der Waals surface area contributed by atoms with Gasteiger partial charge in [0.15, 0.2) is 0 Å². The van der Waals surface area contributed by atoms with Gasteiger partial charge in [0.05, 0.1) is 0 Å². The third kappa shape index (κ3) is 3.05. The highest BCUT2D eigenvalue weighted by atomic mass is 15.3. The summed E-state index contributed by atoms with van der Waals surface area (Å²) in [6.45, 7) is 16.0. The molecule has 0 aromatic rings. The predicted molar refractivity (Wildman–Crippen MR) is 85.1 cm³/mol. The molecule has 2 aliphatic heterocycles. The Labute approximate surface area is 125 Å². The molecule has 0 spiro atoms. The Morgan fingerprint density at radius 2 is 1.50 bits per heavy atom. The minimum atomic E-state index is 0.384. The van der Waals surface area contributed by atoms with Gasteiger partial charge in [0.1, 0.15) is 0 Å². The van der Waals surface area contributed by atoms with Crippen LogP contribution in [0.1, 0.15) is 53.4 Å². The summed E-state index contributed by atoms with van der Waals surface area (Å²) in [6.07, 6.45) is 5.63. The molecular formula is C17H33N3. The highest BCUT2D eigenvalue weighted by molar-refractivity contribution is 4.99. The molecule has 0 aromatic heterocycles. The van der Waals surface area contributed by atoms with Gasteiger partial charge in [-0.3, -0.25) is 9.80 Å². The topological polar surface area (TPSA) is 9.72 Å². The fourth-order valence-corrected chi connectivity index (χ4v) is 4.35. The average molecular weight is 279 g/mol. The third-order valence-corrected chi connectivity index (χ3v) is 5.73. The van der Waals surface area contributed by atoms with Crippen molar-refractivity contribution in [1.29, 1.82) is 0 Å². The van der Waals surface area contributed by atoms with Gasteiger partial charge in [-0.2, -0.15) is 0 Å². The monoisotopic (exact) mass is 279 g/mol. The Balaban J connectivity index is 1.54. The normalized spacial score (nSPS) is 31.1. The highest BCUT2D eigenvalue weighted by Gasteiger charge is 2.43. The molecule has 1 saturated carbocycles. The smallest absolute Gasteiger partial charge is 0.0283 e. The second-order valence-corrected chi connectivity index (χ2v) is 8.07. The van der Waals surface area contributed by atoms with E-state index in [1.807, 2.05) is 0 Å². The molecule has 0 aromatic carbocycles. The first-order chi connectivity index (χ1) is 9.47. The van der Waals surface area contributed by atoms with E-state index in [4.69, 9.17) is 0 Å². The molecule has 3 heteroatoms. The summed E-state index contributed by atoms with van der Waals surface area (Å²) in [7, 11) is 0. The van der Waals surface area contributed by atoms with Crippen LogP contribution in [0.15, 0.2) is 0 Å². The van der Waals surface area contributed by atoms with Crippen LogP contribution in [0.4, 0.5) is 0 Å². The number of piperidine rings is 1. The number of piperazine rings is 1. The van der Waals surface area contributed by atoms with Crippen LogP contribution in [0, 0.1) is 0 Å². The summed E-state index contributed by atoms with van der Waals surface area (Å²) in [5.74, 6) is 0. The van der Waals surface area contributed by atoms with Crippen molar-refractivity contribution in [2.45, 2.75) is 77.0 Å². The average Bonchev–Trinajstić information content (AvgIpc) is 3.22. The second-order valence-electron chi connectivity index (χ2n) is 8.07. The quantitative estimate of drug-likeness (QED) is 0.785. The van der Waals surface area contributed by atoms with E-state index in [1.165, 1.54) is 58.4 Å². The van der Waals surface area contributed by atoms with Gasteiger partial charge in [0.2, 0.25) is 0 Å². The fourth-order valence-electron chi connectivity index (χ4n) is 4.35. The van der Waals surface area contributed by atoms with Crippen LogP contribution in [-0.4, -0.2) is 71.1 Å². The van der Waals surface area contributed by atoms with E-state index in [-0.39, 0.29) is 0 Å². The zero-order chi connectivity index (χ0) is 14.3. The maximum atomic E-state index is 2.80. The molecule has 2 saturated heterocycles. The summed E-state index contributed by atoms with van der Waals surface area (Å²) in [4.78, 5) is 8.23. The van der Waals surface area contributed by atoms with Crippen molar-refractivity contribution < 1.29 is 0 Å². The Kier molecular flexibility index (Phi) is 4.13. The van der Waals surface area contributed by atoms with Crippen LogP contribution in [-0.2, 0) is 0 Å². The lowest BCUT2D eigenvalue weighted by atomic mass is 9.94. The van der Waals surface area contributed by atoms with Crippen LogP contribution in [0.2, 0.25) is 0 Å². The lowest BCUT2D eigenvalue weighted by Crippen LogP contribution is -2.62. The molecule has 1 aliphatic carbocycles. The van der Waals surface area contributed by atoms with E-state index in [0.717, 1.165) is 18.1 Å². The van der Waals surface area contributed by atoms with Crippen molar-refractivity contribution in [3.8, 4) is 0 Å². The fraction of sp³-hybridized carbons (Fsp3) is 1.00. The zero-order valence-corrected chi connectivity index (χ0v) is 13.9. The molecule has 0 radical (unpaired) electrons. The first-order valence-corrected chi connectivity index (χ1v) is 8.72. The largest absolute Gasteiger partial charge is 0.301 e. The molecule has 3 aliphatic rings. The Morgan fingerprint density at radius 1 is 0.850 bits per heavy atom. The molecule has 116 valence electrons. The van der Waals surface area contributed by atoms with Gasteiger partial charge in [0.25, 0.3) is 0 Å². The Bertz CT molecular complexity index is 327. The van der Waals surface area contributed by atoms with Gasteiger partial charge in [-0.25, -0.2) is 0 Å². The van der Waals surface area contributed by atoms with Crippen LogP contribution in [0.3, 0.4) is 0 Å². The Hall–Kier alpha value is -0.120. The summed E-state index contributed by atoms with van der Waals surface area (Å²) >= 11 is 0. The summed E-state index contributed by atoms with van der Waals surface area (Å²) < 4.78 is 0. The van der Waals surface area contributed by atoms with Gasteiger partial charge in [-0.15, -0.1) is 0 Å². The molecule has 0 amide bonds. The van der Waals surface area contributed by atoms with E-state index >= 15 is 0 Å². The summed E-state index contributed by atoms with van der Waals surface area (Å²) in [5.41, 5.74) is 0.384. The minimum absolute atomic E-state index is 0.384. The van der Waals surface area contributed by atoms with E-state index in [0.29, 0.717) is 5.54 Å². The molecule has 3 nitrogen and oxygen atoms in total. The van der Waals surface area contributed by atoms with Crippen molar-refractivity contribution in [2.75, 3.05) is 32.7 Å². The number of rotatable bonds is 3. The van der Waals surface area contributed by atoms with E-state index in [1.54, 1.807) is 0 Å². The lowest BCUT2D eigenvalue weighted by molar-refractivity contribution is -0.0205. The van der Waals surface area contributed by atoms with Gasteiger partial charge < -0.3 is 4.90 Å². The number of likely N-dealkylation sites (tertiary alicyclic amines) is 1. The molecule has 0 N–H and O–H groups in total. The molecule has 20 heavy (non-hydrogen) atoms. The van der Waals surface area contributed by atoms with Gasteiger partial charge in [-0.1, -0.05) is 0 Å². The van der Waals surface area contributed by atoms with E-state index in [9.17, 15) is 0 Å². The van der Waals surface area contributed by atoms with Gasteiger partial charge in [-0.05, 0) is 66.5 Å². The van der Waals surface area contributed by atoms with Gasteiger partial charge >= 0.3 is 0 Å². The van der Waals surface area contributed by atoms with Crippen LogP contribution in [0.5, 0.6) is 0 Å². The molecule has 0 atom stereocenters. The molecule has 2 heterocycles. The third-order valence-electron chi connectivity index (χ3n) is 5.73. The van der Waals surface area contributed by atoms with Crippen molar-refractivity contribution in [3.05, 3.63) is 0 Å². The zero-order valence-electron chi connectivity index (χ0n) is 13.9. The molecule has 0 unspecified atom stereocenters. The molecule has 0 bridgehead atoms. The highest BCUT2D eigenvalue weighted by Crippen LogP contribution is 2.36. The summed E-state index contributed by atoms with van der Waals surface area (Å²) in [5, 5.41) is 0. The van der Waals surface area contributed by atoms with E-state index < -0.39 is 0 Å². The lowest BCUT2D eigenvalue weighted by Gasteiger charge is -2.51. The second kappa shape index (κ2) is 5.58. The number of hydrogen-bond acceptors (Lipinski definition) is 3. The first kappa shape index (κ1) is 14.8. The SMILES string of the molecule is CC(C)N1CCC(N2CCN(C3CC3)C(C)(C)C2)CC1. The maximum Gasteiger partial charge on any atom is 0.0283 e. The van der Waals surface area contributed by atoms with Crippen molar-refractivity contribution in [3.63, 3.8) is 0 Å². The van der Waals surface area contributed by atoms with Gasteiger partial charge in [0, 0.05) is 43.3 Å². The summed E-state index contributed by atoms with van der Waals surface area (Å²) in [6, 6.07) is 2.47. The molecular weight excluding hydrogens is 246 g/mol. The van der Waals surface area contributed by atoms with Crippen molar-refractivity contribution in [1.82, 2.24) is 14.7 Å². The van der Waals surface area contributed by atoms with Crippen LogP contribution in [0.25, 0.3) is 0 Å². The Morgan fingerprint density at radius 3 is 2.00 bits per heavy atom. The predicted octanol–water partition coefficient (Wildman–Crippen LogP) is 2.42. The minimum Gasteiger partial charge on any atom is -0.301 e. The standard InChI is InChI=1S/C17H33N3/c1-14(2)18-9-7-15(8-10-18)19-11-12-20(16-5-6-16)17(3,4)13-19/h14-16H,5-13H2,1-4H3. The number of nitrogens with zero attached hydrogens (tertiary/aromatic N) is 3. The first-order valence-electron chi connectivity index (χ1n) is 8.72. The molecule has 3 rings (SSSR count). The van der Waals surface area contributed by atoms with Crippen LogP contribution < -0.4 is 0 Å².